The second kappa shape index (κ2) is 7.66. The standard InChI is InChI=1S/C19H18N2S4/c1-12-4-6-14-16(10-12)24-18(20-14)22-8-3-9-23-19-21-15-7-5-13(2)11-17(15)25-19/h4-7,10-11H,3,8-9H2,1-2H3. The quantitative estimate of drug-likeness (QED) is 0.262. The van der Waals surface area contributed by atoms with Gasteiger partial charge in [-0.2, -0.15) is 0 Å². The van der Waals surface area contributed by atoms with E-state index in [9.17, 15) is 0 Å². The number of aryl methyl sites for hydroxylation is 2. The van der Waals surface area contributed by atoms with Gasteiger partial charge in [-0.15, -0.1) is 22.7 Å². The van der Waals surface area contributed by atoms with E-state index in [-0.39, 0.29) is 0 Å². The predicted molar refractivity (Wildman–Crippen MR) is 115 cm³/mol. The Hall–Kier alpha value is -1.08. The molecule has 25 heavy (non-hydrogen) atoms. The van der Waals surface area contributed by atoms with Crippen molar-refractivity contribution in [3.05, 3.63) is 47.5 Å². The van der Waals surface area contributed by atoms with Crippen LogP contribution in [0.15, 0.2) is 45.1 Å². The van der Waals surface area contributed by atoms with E-state index in [1.807, 2.05) is 23.5 Å². The maximum atomic E-state index is 4.71. The van der Waals surface area contributed by atoms with Crippen LogP contribution in [0, 0.1) is 13.8 Å². The zero-order valence-corrected chi connectivity index (χ0v) is 17.4. The Kier molecular flexibility index (Phi) is 5.31. The highest BCUT2D eigenvalue weighted by molar-refractivity contribution is 8.02. The van der Waals surface area contributed by atoms with E-state index in [1.54, 1.807) is 22.7 Å². The van der Waals surface area contributed by atoms with Gasteiger partial charge in [0.15, 0.2) is 8.68 Å². The normalized spacial score (nSPS) is 11.6. The van der Waals surface area contributed by atoms with Crippen LogP contribution in [0.1, 0.15) is 17.5 Å². The predicted octanol–water partition coefficient (Wildman–Crippen LogP) is 6.80. The molecule has 0 atom stereocenters. The van der Waals surface area contributed by atoms with Gasteiger partial charge < -0.3 is 0 Å². The first-order valence-electron chi connectivity index (χ1n) is 8.17. The van der Waals surface area contributed by atoms with Crippen LogP contribution in [0.5, 0.6) is 0 Å². The summed E-state index contributed by atoms with van der Waals surface area (Å²) in [5, 5.41) is 0. The molecule has 0 fully saturated rings. The molecule has 0 amide bonds. The third-order valence-corrected chi connectivity index (χ3v) is 8.28. The second-order valence-electron chi connectivity index (χ2n) is 5.95. The first-order chi connectivity index (χ1) is 12.2. The van der Waals surface area contributed by atoms with Crippen molar-refractivity contribution in [2.45, 2.75) is 28.9 Å². The van der Waals surface area contributed by atoms with Crippen molar-refractivity contribution in [2.24, 2.45) is 0 Å². The van der Waals surface area contributed by atoms with E-state index in [4.69, 9.17) is 9.97 Å². The molecule has 6 heteroatoms. The Morgan fingerprint density at radius 3 is 1.72 bits per heavy atom. The highest BCUT2D eigenvalue weighted by Gasteiger charge is 2.06. The topological polar surface area (TPSA) is 25.8 Å². The molecule has 0 saturated carbocycles. The summed E-state index contributed by atoms with van der Waals surface area (Å²) in [5.74, 6) is 2.21. The van der Waals surface area contributed by atoms with E-state index in [0.717, 1.165) is 22.5 Å². The molecule has 4 aromatic rings. The summed E-state index contributed by atoms with van der Waals surface area (Å²) in [5.41, 5.74) is 4.85. The highest BCUT2D eigenvalue weighted by atomic mass is 32.2. The second-order valence-corrected chi connectivity index (χ2v) is 10.7. The molecule has 0 bridgehead atoms. The van der Waals surface area contributed by atoms with Crippen molar-refractivity contribution < 1.29 is 0 Å². The summed E-state index contributed by atoms with van der Waals surface area (Å²) < 4.78 is 4.95. The van der Waals surface area contributed by atoms with Gasteiger partial charge in [-0.3, -0.25) is 0 Å². The maximum absolute atomic E-state index is 4.71. The van der Waals surface area contributed by atoms with Crippen molar-refractivity contribution in [1.29, 1.82) is 0 Å². The molecular formula is C19H18N2S4. The van der Waals surface area contributed by atoms with E-state index >= 15 is 0 Å². The molecule has 128 valence electrons. The Morgan fingerprint density at radius 2 is 1.24 bits per heavy atom. The zero-order valence-electron chi connectivity index (χ0n) is 14.1. The number of benzene rings is 2. The molecule has 2 aromatic carbocycles. The molecule has 0 aliphatic carbocycles. The fourth-order valence-corrected chi connectivity index (χ4v) is 7.06. The van der Waals surface area contributed by atoms with Gasteiger partial charge in [0.25, 0.3) is 0 Å². The maximum Gasteiger partial charge on any atom is 0.151 e. The van der Waals surface area contributed by atoms with Crippen LogP contribution < -0.4 is 0 Å². The van der Waals surface area contributed by atoms with Crippen LogP contribution in [-0.2, 0) is 0 Å². The lowest BCUT2D eigenvalue weighted by molar-refractivity contribution is 1.11. The number of fused-ring (bicyclic) bond motifs is 2. The number of hydrogen-bond acceptors (Lipinski definition) is 6. The third-order valence-electron chi connectivity index (χ3n) is 3.79. The van der Waals surface area contributed by atoms with E-state index in [1.165, 1.54) is 35.6 Å². The average molecular weight is 403 g/mol. The summed E-state index contributed by atoms with van der Waals surface area (Å²) in [6.07, 6.45) is 1.17. The van der Waals surface area contributed by atoms with Crippen LogP contribution in [0.4, 0.5) is 0 Å². The van der Waals surface area contributed by atoms with Gasteiger partial charge in [-0.1, -0.05) is 35.7 Å². The van der Waals surface area contributed by atoms with E-state index in [2.05, 4.69) is 50.2 Å². The fraction of sp³-hybridized carbons (Fsp3) is 0.263. The monoisotopic (exact) mass is 402 g/mol. The number of aromatic nitrogens is 2. The van der Waals surface area contributed by atoms with Gasteiger partial charge in [0.2, 0.25) is 0 Å². The van der Waals surface area contributed by atoms with Gasteiger partial charge >= 0.3 is 0 Å². The van der Waals surface area contributed by atoms with Crippen LogP contribution in [0.2, 0.25) is 0 Å². The van der Waals surface area contributed by atoms with E-state index < -0.39 is 0 Å². The van der Waals surface area contributed by atoms with Gasteiger partial charge in [-0.05, 0) is 55.7 Å². The molecule has 2 nitrogen and oxygen atoms in total. The largest absolute Gasteiger partial charge is 0.230 e. The summed E-state index contributed by atoms with van der Waals surface area (Å²) in [6, 6.07) is 13.0. The Bertz CT molecular complexity index is 937. The number of nitrogens with zero attached hydrogens (tertiary/aromatic N) is 2. The number of thiazole rings is 2. The average Bonchev–Trinajstić information content (AvgIpc) is 3.16. The molecule has 2 aromatic heterocycles. The van der Waals surface area contributed by atoms with Gasteiger partial charge in [-0.25, -0.2) is 9.97 Å². The molecular weight excluding hydrogens is 384 g/mol. The first kappa shape index (κ1) is 17.3. The zero-order chi connectivity index (χ0) is 17.2. The highest BCUT2D eigenvalue weighted by Crippen LogP contribution is 2.32. The lowest BCUT2D eigenvalue weighted by Gasteiger charge is -1.97. The number of thioether (sulfide) groups is 2. The molecule has 0 saturated heterocycles. The third kappa shape index (κ3) is 4.19. The van der Waals surface area contributed by atoms with Crippen molar-refractivity contribution in [3.8, 4) is 0 Å². The summed E-state index contributed by atoms with van der Waals surface area (Å²) >= 11 is 7.35. The fourth-order valence-electron chi connectivity index (χ4n) is 2.52. The smallest absolute Gasteiger partial charge is 0.151 e. The minimum atomic E-state index is 1.11. The van der Waals surface area contributed by atoms with Crippen molar-refractivity contribution >= 4 is 66.6 Å². The van der Waals surface area contributed by atoms with Crippen LogP contribution in [0.3, 0.4) is 0 Å². The SMILES string of the molecule is Cc1ccc2nc(SCCCSc3nc4ccc(C)cc4s3)sc2c1. The molecule has 4 rings (SSSR count). The van der Waals surface area contributed by atoms with E-state index in [0.29, 0.717) is 0 Å². The molecule has 0 aliphatic heterocycles. The first-order valence-corrected chi connectivity index (χ1v) is 11.8. The lowest BCUT2D eigenvalue weighted by atomic mass is 10.2. The Balaban J connectivity index is 1.28. The molecule has 0 N–H and O–H groups in total. The minimum absolute atomic E-state index is 1.11. The molecule has 0 spiro atoms. The molecule has 0 aliphatic rings. The molecule has 2 heterocycles. The van der Waals surface area contributed by atoms with Crippen molar-refractivity contribution in [1.82, 2.24) is 9.97 Å². The lowest BCUT2D eigenvalue weighted by Crippen LogP contribution is -1.83. The molecule has 0 unspecified atom stereocenters. The van der Waals surface area contributed by atoms with Gasteiger partial charge in [0, 0.05) is 11.5 Å². The summed E-state index contributed by atoms with van der Waals surface area (Å²) in [4.78, 5) is 9.42. The molecule has 0 radical (unpaired) electrons. The number of rotatable bonds is 6. The minimum Gasteiger partial charge on any atom is -0.230 e. The van der Waals surface area contributed by atoms with Crippen LogP contribution in [0.25, 0.3) is 20.4 Å². The van der Waals surface area contributed by atoms with Crippen molar-refractivity contribution in [3.63, 3.8) is 0 Å². The Morgan fingerprint density at radius 1 is 0.760 bits per heavy atom. The summed E-state index contributed by atoms with van der Waals surface area (Å²) in [7, 11) is 0. The van der Waals surface area contributed by atoms with Crippen molar-refractivity contribution in [2.75, 3.05) is 11.5 Å². The van der Waals surface area contributed by atoms with Crippen LogP contribution >= 0.6 is 46.2 Å². The van der Waals surface area contributed by atoms with Gasteiger partial charge in [0.05, 0.1) is 20.4 Å². The number of hydrogen-bond donors (Lipinski definition) is 0. The Labute approximate surface area is 164 Å². The summed E-state index contributed by atoms with van der Waals surface area (Å²) in [6.45, 7) is 4.26. The van der Waals surface area contributed by atoms with Gasteiger partial charge in [0.1, 0.15) is 0 Å². The van der Waals surface area contributed by atoms with Crippen LogP contribution in [-0.4, -0.2) is 21.5 Å².